The van der Waals surface area contributed by atoms with E-state index < -0.39 is 34.4 Å². The summed E-state index contributed by atoms with van der Waals surface area (Å²) in [5, 5.41) is 10.8. The molecule has 0 bridgehead atoms. The molecule has 162 valence electrons. The Labute approximate surface area is 172 Å². The molecule has 1 heterocycles. The van der Waals surface area contributed by atoms with Crippen LogP contribution in [0, 0.1) is 6.92 Å². The predicted octanol–water partition coefficient (Wildman–Crippen LogP) is 1.14. The highest BCUT2D eigenvalue weighted by Gasteiger charge is 2.40. The number of ether oxygens (including phenoxy) is 2. The largest absolute Gasteiger partial charge is 0.381 e. The van der Waals surface area contributed by atoms with E-state index in [-0.39, 0.29) is 11.4 Å². The molecule has 0 unspecified atom stereocenters. The number of carbonyl (C=O) groups is 1. The van der Waals surface area contributed by atoms with Crippen molar-refractivity contribution < 1.29 is 27.8 Å². The summed E-state index contributed by atoms with van der Waals surface area (Å²) in [4.78, 5) is 14.3. The van der Waals surface area contributed by atoms with Crippen LogP contribution in [0.1, 0.15) is 18.4 Å². The number of carbonyl (C=O) groups excluding carboxylic acids is 1. The second-order valence-electron chi connectivity index (χ2n) is 6.99. The Balaban J connectivity index is 2.42. The zero-order valence-electron chi connectivity index (χ0n) is 17.2. The van der Waals surface area contributed by atoms with Crippen LogP contribution in [-0.2, 0) is 24.3 Å². The lowest BCUT2D eigenvalue weighted by Crippen LogP contribution is -2.54. The second-order valence-corrected chi connectivity index (χ2v) is 8.88. The van der Waals surface area contributed by atoms with Crippen molar-refractivity contribution in [3.8, 4) is 0 Å². The molecule has 2 atom stereocenters. The van der Waals surface area contributed by atoms with Crippen molar-refractivity contribution in [1.29, 1.82) is 0 Å². The maximum Gasteiger partial charge on any atom is 0.253 e. The molecule has 0 radical (unpaired) electrons. The third-order valence-corrected chi connectivity index (χ3v) is 6.93. The zero-order valence-corrected chi connectivity index (χ0v) is 18.0. The van der Waals surface area contributed by atoms with Crippen molar-refractivity contribution in [2.24, 2.45) is 0 Å². The van der Waals surface area contributed by atoms with Gasteiger partial charge >= 0.3 is 0 Å². The minimum atomic E-state index is -4.08. The quantitative estimate of drug-likeness (QED) is 0.445. The van der Waals surface area contributed by atoms with Gasteiger partial charge in [-0.15, -0.1) is 6.58 Å². The van der Waals surface area contributed by atoms with Crippen LogP contribution in [0.4, 0.5) is 0 Å². The minimum Gasteiger partial charge on any atom is -0.381 e. The van der Waals surface area contributed by atoms with Gasteiger partial charge in [-0.1, -0.05) is 23.8 Å². The summed E-state index contributed by atoms with van der Waals surface area (Å²) in [5.41, 5.74) is 0.909. The normalized spacial score (nSPS) is 17.0. The Morgan fingerprint density at radius 1 is 1.24 bits per heavy atom. The van der Waals surface area contributed by atoms with Gasteiger partial charge in [0.2, 0.25) is 10.0 Å². The molecule has 0 saturated carbocycles. The molecule has 0 aliphatic carbocycles. The van der Waals surface area contributed by atoms with E-state index in [0.29, 0.717) is 13.1 Å². The lowest BCUT2D eigenvalue weighted by Gasteiger charge is -2.34. The van der Waals surface area contributed by atoms with Crippen molar-refractivity contribution in [2.75, 3.05) is 33.9 Å². The molecule has 1 aliphatic heterocycles. The summed E-state index contributed by atoms with van der Waals surface area (Å²) in [6.45, 7) is 6.40. The third kappa shape index (κ3) is 5.43. The van der Waals surface area contributed by atoms with E-state index in [9.17, 15) is 18.3 Å². The Kier molecular flexibility index (Phi) is 8.35. The lowest BCUT2D eigenvalue weighted by atomic mass is 10.1. The van der Waals surface area contributed by atoms with Crippen LogP contribution >= 0.6 is 0 Å². The molecule has 0 spiro atoms. The number of amides is 1. The summed E-state index contributed by atoms with van der Waals surface area (Å²) in [7, 11) is -1.30. The molecule has 1 aliphatic rings. The average molecular weight is 427 g/mol. The van der Waals surface area contributed by atoms with Crippen LogP contribution in [0.25, 0.3) is 0 Å². The van der Waals surface area contributed by atoms with Crippen LogP contribution in [0.3, 0.4) is 0 Å². The molecule has 1 amide bonds. The van der Waals surface area contributed by atoms with Crippen LogP contribution < -0.4 is 0 Å². The SMILES string of the molecule is C=C[C@@H]([C@@H](O)C(=O)N1CCCC1)N(CC(OC)OC)S(=O)(=O)c1ccc(C)cc1. The molecular formula is C20H30N2O6S. The molecule has 1 aromatic carbocycles. The number of aliphatic hydroxyl groups is 1. The highest BCUT2D eigenvalue weighted by molar-refractivity contribution is 7.89. The summed E-state index contributed by atoms with van der Waals surface area (Å²) < 4.78 is 38.1. The fraction of sp³-hybridized carbons (Fsp3) is 0.550. The number of aryl methyl sites for hydroxylation is 1. The Morgan fingerprint density at radius 2 is 1.79 bits per heavy atom. The fourth-order valence-corrected chi connectivity index (χ4v) is 4.88. The minimum absolute atomic E-state index is 0.0433. The van der Waals surface area contributed by atoms with Gasteiger partial charge in [0.1, 0.15) is 0 Å². The first-order valence-electron chi connectivity index (χ1n) is 9.49. The van der Waals surface area contributed by atoms with Crippen molar-refractivity contribution in [3.05, 3.63) is 42.5 Å². The van der Waals surface area contributed by atoms with E-state index in [4.69, 9.17) is 9.47 Å². The van der Waals surface area contributed by atoms with Gasteiger partial charge in [-0.25, -0.2) is 8.42 Å². The van der Waals surface area contributed by atoms with Gasteiger partial charge in [-0.05, 0) is 31.9 Å². The van der Waals surface area contributed by atoms with Gasteiger partial charge in [-0.3, -0.25) is 4.79 Å². The van der Waals surface area contributed by atoms with E-state index in [1.165, 1.54) is 32.4 Å². The third-order valence-electron chi connectivity index (χ3n) is 5.05. The number of hydrogen-bond acceptors (Lipinski definition) is 6. The standard InChI is InChI=1S/C20H30N2O6S/c1-5-17(19(23)20(24)21-12-6-7-13-21)22(14-18(27-3)28-4)29(25,26)16-10-8-15(2)9-11-16/h5,8-11,17-19,23H,1,6-7,12-14H2,2-4H3/t17-,19+/m0/s1. The van der Waals surface area contributed by atoms with Gasteiger partial charge in [0.05, 0.1) is 17.5 Å². The summed E-state index contributed by atoms with van der Waals surface area (Å²) in [6.07, 6.45) is 0.523. The molecule has 0 aromatic heterocycles. The predicted molar refractivity (Wildman–Crippen MR) is 109 cm³/mol. The van der Waals surface area contributed by atoms with Crippen LogP contribution in [0.2, 0.25) is 0 Å². The smallest absolute Gasteiger partial charge is 0.253 e. The first-order valence-corrected chi connectivity index (χ1v) is 10.9. The number of rotatable bonds is 10. The molecule has 2 rings (SSSR count). The van der Waals surface area contributed by atoms with Crippen LogP contribution in [0.5, 0.6) is 0 Å². The number of nitrogens with zero attached hydrogens (tertiary/aromatic N) is 2. The molecule has 8 nitrogen and oxygen atoms in total. The topological polar surface area (TPSA) is 96.4 Å². The van der Waals surface area contributed by atoms with E-state index >= 15 is 0 Å². The molecule has 1 fully saturated rings. The monoisotopic (exact) mass is 426 g/mol. The Morgan fingerprint density at radius 3 is 2.28 bits per heavy atom. The molecule has 29 heavy (non-hydrogen) atoms. The summed E-state index contributed by atoms with van der Waals surface area (Å²) >= 11 is 0. The van der Waals surface area contributed by atoms with Gasteiger partial charge in [0.25, 0.3) is 5.91 Å². The first-order chi connectivity index (χ1) is 13.8. The van der Waals surface area contributed by atoms with Gasteiger partial charge in [-0.2, -0.15) is 4.31 Å². The maximum atomic E-state index is 13.4. The van der Waals surface area contributed by atoms with E-state index in [2.05, 4.69) is 6.58 Å². The average Bonchev–Trinajstić information content (AvgIpc) is 3.25. The number of aliphatic hydroxyl groups excluding tert-OH is 1. The Hall–Kier alpha value is -1.78. The van der Waals surface area contributed by atoms with Gasteiger partial charge in [0.15, 0.2) is 12.4 Å². The number of benzene rings is 1. The zero-order chi connectivity index (χ0) is 21.6. The van der Waals surface area contributed by atoms with Crippen molar-refractivity contribution >= 4 is 15.9 Å². The molecule has 1 saturated heterocycles. The van der Waals surface area contributed by atoms with E-state index in [1.54, 1.807) is 17.0 Å². The number of likely N-dealkylation sites (tertiary alicyclic amines) is 1. The van der Waals surface area contributed by atoms with Crippen LogP contribution in [-0.4, -0.2) is 80.9 Å². The number of methoxy groups -OCH3 is 2. The molecular weight excluding hydrogens is 396 g/mol. The Bertz CT molecular complexity index is 786. The summed E-state index contributed by atoms with van der Waals surface area (Å²) in [6, 6.07) is 5.16. The van der Waals surface area contributed by atoms with Crippen LogP contribution in [0.15, 0.2) is 41.8 Å². The van der Waals surface area contributed by atoms with Crippen molar-refractivity contribution in [2.45, 2.75) is 43.1 Å². The van der Waals surface area contributed by atoms with Gasteiger partial charge < -0.3 is 19.5 Å². The van der Waals surface area contributed by atoms with Gasteiger partial charge in [0, 0.05) is 27.3 Å². The maximum absolute atomic E-state index is 13.4. The molecule has 1 aromatic rings. The van der Waals surface area contributed by atoms with Crippen molar-refractivity contribution in [1.82, 2.24) is 9.21 Å². The highest BCUT2D eigenvalue weighted by atomic mass is 32.2. The van der Waals surface area contributed by atoms with E-state index in [1.807, 2.05) is 6.92 Å². The molecule has 1 N–H and O–H groups in total. The number of sulfonamides is 1. The van der Waals surface area contributed by atoms with E-state index in [0.717, 1.165) is 22.7 Å². The lowest BCUT2D eigenvalue weighted by molar-refractivity contribution is -0.142. The second kappa shape index (κ2) is 10.3. The number of hydrogen-bond donors (Lipinski definition) is 1. The first kappa shape index (κ1) is 23.5. The molecule has 9 heteroatoms. The fourth-order valence-electron chi connectivity index (χ4n) is 3.29. The van der Waals surface area contributed by atoms with Crippen molar-refractivity contribution in [3.63, 3.8) is 0 Å². The highest BCUT2D eigenvalue weighted by Crippen LogP contribution is 2.23. The summed E-state index contributed by atoms with van der Waals surface area (Å²) in [5.74, 6) is -0.511.